The third-order valence-electron chi connectivity index (χ3n) is 2.36. The van der Waals surface area contributed by atoms with Crippen molar-refractivity contribution in [2.75, 3.05) is 7.05 Å². The van der Waals surface area contributed by atoms with Crippen LogP contribution >= 0.6 is 22.9 Å². The van der Waals surface area contributed by atoms with E-state index < -0.39 is 11.9 Å². The fraction of sp³-hybridized carbons (Fsp3) is 0.167. The molecule has 2 rings (SSSR count). The number of amides is 1. The summed E-state index contributed by atoms with van der Waals surface area (Å²) in [6.07, 6.45) is 1.31. The molecule has 0 atom stereocenters. The van der Waals surface area contributed by atoms with Crippen LogP contribution in [-0.4, -0.2) is 22.8 Å². The first-order chi connectivity index (χ1) is 8.58. The highest BCUT2D eigenvalue weighted by molar-refractivity contribution is 7.16. The number of hydrogen-bond acceptors (Lipinski definition) is 3. The molecule has 2 heterocycles. The Morgan fingerprint density at radius 2 is 2.28 bits per heavy atom. The van der Waals surface area contributed by atoms with Gasteiger partial charge in [-0.1, -0.05) is 11.6 Å². The zero-order valence-corrected chi connectivity index (χ0v) is 11.1. The molecule has 0 aliphatic heterocycles. The van der Waals surface area contributed by atoms with Gasteiger partial charge in [0.1, 0.15) is 0 Å². The van der Waals surface area contributed by atoms with E-state index in [4.69, 9.17) is 11.6 Å². The highest BCUT2D eigenvalue weighted by atomic mass is 35.5. The topological polar surface area (TPSA) is 33.2 Å². The third-order valence-corrected chi connectivity index (χ3v) is 3.57. The van der Waals surface area contributed by atoms with E-state index in [1.807, 2.05) is 6.07 Å². The van der Waals surface area contributed by atoms with E-state index in [2.05, 4.69) is 4.98 Å². The quantitative estimate of drug-likeness (QED) is 0.811. The summed E-state index contributed by atoms with van der Waals surface area (Å²) in [6.45, 7) is 0.393. The maximum atomic E-state index is 13.4. The van der Waals surface area contributed by atoms with Gasteiger partial charge in [-0.3, -0.25) is 4.79 Å². The maximum Gasteiger partial charge on any atom is 0.258 e. The first-order valence-electron chi connectivity index (χ1n) is 5.18. The molecule has 2 aromatic heterocycles. The largest absolute Gasteiger partial charge is 0.336 e. The van der Waals surface area contributed by atoms with Crippen molar-refractivity contribution in [3.05, 3.63) is 51.2 Å². The number of thiophene rings is 1. The lowest BCUT2D eigenvalue weighted by Gasteiger charge is -2.16. The van der Waals surface area contributed by atoms with Crippen LogP contribution in [0.15, 0.2) is 30.5 Å². The SMILES string of the molecule is CN(Cc1ccc(Cl)s1)C(=O)c1cccnc1F. The normalized spacial score (nSPS) is 10.4. The van der Waals surface area contributed by atoms with Crippen molar-refractivity contribution in [2.45, 2.75) is 6.54 Å². The molecular weight excluding hydrogens is 275 g/mol. The Kier molecular flexibility index (Phi) is 3.93. The van der Waals surface area contributed by atoms with Gasteiger partial charge in [-0.05, 0) is 24.3 Å². The Hall–Kier alpha value is -1.46. The lowest BCUT2D eigenvalue weighted by molar-refractivity contribution is 0.0780. The third kappa shape index (κ3) is 2.86. The molecule has 0 bridgehead atoms. The van der Waals surface area contributed by atoms with Crippen molar-refractivity contribution in [3.63, 3.8) is 0 Å². The monoisotopic (exact) mass is 284 g/mol. The van der Waals surface area contributed by atoms with Gasteiger partial charge in [0.2, 0.25) is 5.95 Å². The van der Waals surface area contributed by atoms with Gasteiger partial charge in [0.25, 0.3) is 5.91 Å². The van der Waals surface area contributed by atoms with E-state index in [0.717, 1.165) is 4.88 Å². The lowest BCUT2D eigenvalue weighted by atomic mass is 10.2. The smallest absolute Gasteiger partial charge is 0.258 e. The molecule has 0 saturated heterocycles. The molecule has 18 heavy (non-hydrogen) atoms. The molecule has 0 N–H and O–H groups in total. The highest BCUT2D eigenvalue weighted by Crippen LogP contribution is 2.22. The second-order valence-corrected chi connectivity index (χ2v) is 5.51. The zero-order valence-electron chi connectivity index (χ0n) is 9.56. The van der Waals surface area contributed by atoms with Crippen molar-refractivity contribution in [2.24, 2.45) is 0 Å². The summed E-state index contributed by atoms with van der Waals surface area (Å²) in [5.74, 6) is -1.15. The summed E-state index contributed by atoms with van der Waals surface area (Å²) >= 11 is 7.21. The maximum absolute atomic E-state index is 13.4. The van der Waals surface area contributed by atoms with Crippen LogP contribution in [0.2, 0.25) is 4.34 Å². The molecule has 0 aliphatic rings. The molecule has 0 aliphatic carbocycles. The van der Waals surface area contributed by atoms with Crippen LogP contribution in [0.3, 0.4) is 0 Å². The molecule has 0 spiro atoms. The second kappa shape index (κ2) is 5.46. The number of hydrogen-bond donors (Lipinski definition) is 0. The average molecular weight is 285 g/mol. The molecule has 0 aromatic carbocycles. The number of aromatic nitrogens is 1. The summed E-state index contributed by atoms with van der Waals surface area (Å²) in [6, 6.07) is 6.57. The van der Waals surface area contributed by atoms with Crippen LogP contribution in [0, 0.1) is 5.95 Å². The molecular formula is C12H10ClFN2OS. The van der Waals surface area contributed by atoms with E-state index in [0.29, 0.717) is 10.9 Å². The predicted octanol–water partition coefficient (Wildman–Crippen LogP) is 3.21. The van der Waals surface area contributed by atoms with Crippen LogP contribution < -0.4 is 0 Å². The molecule has 6 heteroatoms. The van der Waals surface area contributed by atoms with Gasteiger partial charge >= 0.3 is 0 Å². The number of carbonyl (C=O) groups excluding carboxylic acids is 1. The van der Waals surface area contributed by atoms with Gasteiger partial charge in [-0.15, -0.1) is 11.3 Å². The number of carbonyl (C=O) groups is 1. The van der Waals surface area contributed by atoms with Crippen LogP contribution in [0.4, 0.5) is 4.39 Å². The van der Waals surface area contributed by atoms with Crippen molar-refractivity contribution in [3.8, 4) is 0 Å². The van der Waals surface area contributed by atoms with E-state index >= 15 is 0 Å². The fourth-order valence-electron chi connectivity index (χ4n) is 1.49. The Morgan fingerprint density at radius 1 is 1.50 bits per heavy atom. The first kappa shape index (κ1) is 13.0. The molecule has 0 unspecified atom stereocenters. The molecule has 0 saturated carbocycles. The second-order valence-electron chi connectivity index (χ2n) is 3.71. The minimum atomic E-state index is -0.751. The zero-order chi connectivity index (χ0) is 13.1. The summed E-state index contributed by atoms with van der Waals surface area (Å²) in [7, 11) is 1.61. The summed E-state index contributed by atoms with van der Waals surface area (Å²) < 4.78 is 14.0. The van der Waals surface area contributed by atoms with E-state index in [1.54, 1.807) is 13.1 Å². The van der Waals surface area contributed by atoms with Crippen molar-refractivity contribution >= 4 is 28.8 Å². The van der Waals surface area contributed by atoms with Crippen molar-refractivity contribution < 1.29 is 9.18 Å². The van der Waals surface area contributed by atoms with E-state index in [1.165, 1.54) is 34.6 Å². The van der Waals surface area contributed by atoms with Crippen LogP contribution in [0.25, 0.3) is 0 Å². The minimum Gasteiger partial charge on any atom is -0.336 e. The highest BCUT2D eigenvalue weighted by Gasteiger charge is 2.17. The molecule has 0 radical (unpaired) electrons. The van der Waals surface area contributed by atoms with Crippen molar-refractivity contribution in [1.82, 2.24) is 9.88 Å². The van der Waals surface area contributed by atoms with Crippen molar-refractivity contribution in [1.29, 1.82) is 0 Å². The standard InChI is InChI=1S/C12H10ClFN2OS/c1-16(7-8-4-5-10(13)18-8)12(17)9-3-2-6-15-11(9)14/h2-6H,7H2,1H3. The van der Waals surface area contributed by atoms with E-state index in [9.17, 15) is 9.18 Å². The number of halogens is 2. The minimum absolute atomic E-state index is 0.0253. The van der Waals surface area contributed by atoms with Crippen LogP contribution in [0.1, 0.15) is 15.2 Å². The fourth-order valence-corrected chi connectivity index (χ4v) is 2.63. The first-order valence-corrected chi connectivity index (χ1v) is 6.37. The summed E-state index contributed by atoms with van der Waals surface area (Å²) in [5.41, 5.74) is -0.0253. The predicted molar refractivity (Wildman–Crippen MR) is 69.3 cm³/mol. The average Bonchev–Trinajstić information content (AvgIpc) is 2.74. The number of nitrogens with zero attached hydrogens (tertiary/aromatic N) is 2. The molecule has 3 nitrogen and oxygen atoms in total. The Balaban J connectivity index is 2.12. The Morgan fingerprint density at radius 3 is 2.89 bits per heavy atom. The number of pyridine rings is 1. The van der Waals surface area contributed by atoms with Gasteiger partial charge in [0.05, 0.1) is 16.4 Å². The van der Waals surface area contributed by atoms with Gasteiger partial charge in [-0.25, -0.2) is 4.98 Å². The summed E-state index contributed by atoms with van der Waals surface area (Å²) in [5, 5.41) is 0. The lowest BCUT2D eigenvalue weighted by Crippen LogP contribution is -2.26. The summed E-state index contributed by atoms with van der Waals surface area (Å²) in [4.78, 5) is 17.8. The van der Waals surface area contributed by atoms with Crippen LogP contribution in [0.5, 0.6) is 0 Å². The van der Waals surface area contributed by atoms with Gasteiger partial charge in [-0.2, -0.15) is 4.39 Å². The van der Waals surface area contributed by atoms with Gasteiger partial charge in [0.15, 0.2) is 0 Å². The Bertz CT molecular complexity index is 573. The Labute approximate surface area is 113 Å². The van der Waals surface area contributed by atoms with Crippen LogP contribution in [-0.2, 0) is 6.54 Å². The molecule has 94 valence electrons. The van der Waals surface area contributed by atoms with Gasteiger partial charge in [0, 0.05) is 18.1 Å². The number of rotatable bonds is 3. The molecule has 0 fully saturated rings. The molecule has 2 aromatic rings. The van der Waals surface area contributed by atoms with E-state index in [-0.39, 0.29) is 5.56 Å². The molecule has 1 amide bonds. The van der Waals surface area contributed by atoms with Gasteiger partial charge < -0.3 is 4.90 Å².